The second-order valence-electron chi connectivity index (χ2n) is 8.46. The van der Waals surface area contributed by atoms with Gasteiger partial charge in [0, 0.05) is 11.8 Å². The van der Waals surface area contributed by atoms with E-state index < -0.39 is 5.41 Å². The molecule has 4 heteroatoms. The first kappa shape index (κ1) is 16.0. The smallest absolute Gasteiger partial charge is 0.227 e. The second-order valence-corrected chi connectivity index (χ2v) is 8.46. The summed E-state index contributed by atoms with van der Waals surface area (Å²) in [6.07, 6.45) is 6.15. The number of fused-ring (bicyclic) bond motifs is 2. The van der Waals surface area contributed by atoms with Crippen molar-refractivity contribution in [1.29, 1.82) is 0 Å². The summed E-state index contributed by atoms with van der Waals surface area (Å²) in [5.41, 5.74) is -0.988. The molecule has 0 aromatic carbocycles. The number of amides is 1. The molecular formula is C18H31N2O2+. The number of piperidine rings is 1. The van der Waals surface area contributed by atoms with E-state index in [4.69, 9.17) is 0 Å². The molecule has 0 spiro atoms. The average molecular weight is 307 g/mol. The van der Waals surface area contributed by atoms with E-state index in [2.05, 4.69) is 26.1 Å². The van der Waals surface area contributed by atoms with Gasteiger partial charge in [0.2, 0.25) is 5.91 Å². The molecule has 124 valence electrons. The van der Waals surface area contributed by atoms with E-state index in [-0.39, 0.29) is 16.7 Å². The number of carbonyl (C=O) groups is 2. The number of rotatable bonds is 4. The Hall–Kier alpha value is -0.900. The van der Waals surface area contributed by atoms with Crippen molar-refractivity contribution < 1.29 is 14.5 Å². The second kappa shape index (κ2) is 5.33. The Morgan fingerprint density at radius 3 is 2.36 bits per heavy atom. The minimum Gasteiger partial charge on any atom is -0.350 e. The predicted octanol–water partition coefficient (Wildman–Crippen LogP) is 0.957. The third-order valence-corrected chi connectivity index (χ3v) is 7.46. The number of Topliss-reactive ketones (excluding diaryl/α,β-unsaturated/α-hetero) is 1. The number of hydrogen-bond acceptors (Lipinski definition) is 2. The zero-order chi connectivity index (χ0) is 16.0. The van der Waals surface area contributed by atoms with Crippen LogP contribution in [0.25, 0.3) is 0 Å². The highest BCUT2D eigenvalue weighted by atomic mass is 16.2. The van der Waals surface area contributed by atoms with Crippen LogP contribution < -0.4 is 10.2 Å². The molecule has 2 aliphatic carbocycles. The zero-order valence-corrected chi connectivity index (χ0v) is 14.4. The molecule has 3 rings (SSSR count). The molecule has 22 heavy (non-hydrogen) atoms. The van der Waals surface area contributed by atoms with Crippen LogP contribution in [0.4, 0.5) is 0 Å². The summed E-state index contributed by atoms with van der Waals surface area (Å²) in [7, 11) is 0. The molecule has 0 unspecified atom stereocenters. The third-order valence-electron chi connectivity index (χ3n) is 7.46. The minimum absolute atomic E-state index is 0.128. The summed E-state index contributed by atoms with van der Waals surface area (Å²) in [4.78, 5) is 26.9. The van der Waals surface area contributed by atoms with Gasteiger partial charge < -0.3 is 10.2 Å². The Morgan fingerprint density at radius 2 is 1.82 bits per heavy atom. The minimum atomic E-state index is -0.462. The van der Waals surface area contributed by atoms with Gasteiger partial charge in [0.15, 0.2) is 0 Å². The highest BCUT2D eigenvalue weighted by molar-refractivity contribution is 5.99. The Balaban J connectivity index is 1.61. The van der Waals surface area contributed by atoms with E-state index >= 15 is 0 Å². The van der Waals surface area contributed by atoms with Crippen LogP contribution in [0, 0.1) is 16.2 Å². The van der Waals surface area contributed by atoms with Gasteiger partial charge in [0.1, 0.15) is 5.78 Å². The van der Waals surface area contributed by atoms with Gasteiger partial charge in [0.05, 0.1) is 31.6 Å². The average Bonchev–Trinajstić information content (AvgIpc) is 2.78. The van der Waals surface area contributed by atoms with Gasteiger partial charge in [-0.05, 0) is 37.5 Å². The van der Waals surface area contributed by atoms with Gasteiger partial charge >= 0.3 is 0 Å². The van der Waals surface area contributed by atoms with E-state index in [9.17, 15) is 9.59 Å². The summed E-state index contributed by atoms with van der Waals surface area (Å²) in [6.45, 7) is 10.6. The molecule has 0 aromatic heterocycles. The number of nitrogens with one attached hydrogen (secondary N) is 2. The molecule has 1 heterocycles. The zero-order valence-electron chi connectivity index (χ0n) is 14.4. The van der Waals surface area contributed by atoms with Crippen LogP contribution in [0.15, 0.2) is 0 Å². The van der Waals surface area contributed by atoms with Crippen LogP contribution in [-0.4, -0.2) is 37.9 Å². The van der Waals surface area contributed by atoms with Crippen molar-refractivity contribution in [1.82, 2.24) is 5.32 Å². The SMILES string of the molecule is CC1(C)[C@]2(C(=O)NCC[NH+]3CCCCC3)CC[C@@]1(C)C(=O)C2. The van der Waals surface area contributed by atoms with Crippen LogP contribution in [0.2, 0.25) is 0 Å². The lowest BCUT2D eigenvalue weighted by atomic mass is 9.64. The first-order valence-electron chi connectivity index (χ1n) is 8.99. The fraction of sp³-hybridized carbons (Fsp3) is 0.889. The molecule has 3 fully saturated rings. The van der Waals surface area contributed by atoms with E-state index in [1.165, 1.54) is 32.4 Å². The lowest BCUT2D eigenvalue weighted by Crippen LogP contribution is -3.13. The Labute approximate surface area is 134 Å². The van der Waals surface area contributed by atoms with Crippen molar-refractivity contribution in [2.24, 2.45) is 16.2 Å². The summed E-state index contributed by atoms with van der Waals surface area (Å²) >= 11 is 0. The summed E-state index contributed by atoms with van der Waals surface area (Å²) < 4.78 is 0. The largest absolute Gasteiger partial charge is 0.350 e. The maximum atomic E-state index is 12.9. The van der Waals surface area contributed by atoms with Gasteiger partial charge in [-0.15, -0.1) is 0 Å². The molecule has 1 saturated heterocycles. The van der Waals surface area contributed by atoms with E-state index in [1.807, 2.05) is 0 Å². The van der Waals surface area contributed by atoms with E-state index in [0.717, 1.165) is 25.9 Å². The van der Waals surface area contributed by atoms with Crippen molar-refractivity contribution in [2.75, 3.05) is 26.2 Å². The predicted molar refractivity (Wildman–Crippen MR) is 85.6 cm³/mol. The van der Waals surface area contributed by atoms with Gasteiger partial charge in [-0.2, -0.15) is 0 Å². The highest BCUT2D eigenvalue weighted by Gasteiger charge is 2.72. The summed E-state index contributed by atoms with van der Waals surface area (Å²) in [5.74, 6) is 0.420. The Bertz CT molecular complexity index is 481. The van der Waals surface area contributed by atoms with Crippen LogP contribution in [0.3, 0.4) is 0 Å². The van der Waals surface area contributed by atoms with Crippen LogP contribution in [-0.2, 0) is 9.59 Å². The molecule has 1 amide bonds. The van der Waals surface area contributed by atoms with Gasteiger partial charge in [0.25, 0.3) is 0 Å². The monoisotopic (exact) mass is 307 g/mol. The van der Waals surface area contributed by atoms with Crippen LogP contribution in [0.5, 0.6) is 0 Å². The maximum Gasteiger partial charge on any atom is 0.227 e. The first-order chi connectivity index (χ1) is 10.3. The number of ketones is 1. The standard InChI is InChI=1S/C18H30N2O2/c1-16(2)17(3)7-8-18(16,13-14(17)21)15(22)19-9-12-20-10-5-4-6-11-20/h4-13H2,1-3H3,(H,19,22)/p+1/t17-,18+/m0/s1. The molecule has 2 N–H and O–H groups in total. The van der Waals surface area contributed by atoms with Crippen molar-refractivity contribution in [3.63, 3.8) is 0 Å². The Morgan fingerprint density at radius 1 is 1.14 bits per heavy atom. The molecular weight excluding hydrogens is 276 g/mol. The normalized spacial score (nSPS) is 37.5. The number of carbonyl (C=O) groups excluding carboxylic acids is 2. The third kappa shape index (κ3) is 2.06. The lowest BCUT2D eigenvalue weighted by molar-refractivity contribution is -0.903. The number of likely N-dealkylation sites (tertiary alicyclic amines) is 1. The van der Waals surface area contributed by atoms with Gasteiger partial charge in [-0.1, -0.05) is 20.8 Å². The topological polar surface area (TPSA) is 50.6 Å². The van der Waals surface area contributed by atoms with E-state index in [1.54, 1.807) is 4.90 Å². The first-order valence-corrected chi connectivity index (χ1v) is 8.99. The molecule has 2 saturated carbocycles. The van der Waals surface area contributed by atoms with Gasteiger partial charge in [-0.3, -0.25) is 9.59 Å². The van der Waals surface area contributed by atoms with Crippen LogP contribution >= 0.6 is 0 Å². The number of hydrogen-bond donors (Lipinski definition) is 2. The summed E-state index contributed by atoms with van der Waals surface area (Å²) in [6, 6.07) is 0. The highest BCUT2D eigenvalue weighted by Crippen LogP contribution is 2.70. The summed E-state index contributed by atoms with van der Waals surface area (Å²) in [5, 5.41) is 3.17. The Kier molecular flexibility index (Phi) is 3.87. The molecule has 4 nitrogen and oxygen atoms in total. The van der Waals surface area contributed by atoms with E-state index in [0.29, 0.717) is 12.2 Å². The molecule has 1 aliphatic heterocycles. The van der Waals surface area contributed by atoms with Crippen molar-refractivity contribution >= 4 is 11.7 Å². The molecule has 2 bridgehead atoms. The molecule has 2 atom stereocenters. The lowest BCUT2D eigenvalue weighted by Gasteiger charge is -2.38. The fourth-order valence-electron chi connectivity index (χ4n) is 5.18. The van der Waals surface area contributed by atoms with Crippen molar-refractivity contribution in [3.8, 4) is 0 Å². The quantitative estimate of drug-likeness (QED) is 0.813. The van der Waals surface area contributed by atoms with Crippen molar-refractivity contribution in [3.05, 3.63) is 0 Å². The molecule has 3 aliphatic rings. The molecule has 0 radical (unpaired) electrons. The van der Waals surface area contributed by atoms with Crippen molar-refractivity contribution in [2.45, 2.75) is 59.3 Å². The molecule has 0 aromatic rings. The maximum absolute atomic E-state index is 12.9. The van der Waals surface area contributed by atoms with Crippen LogP contribution in [0.1, 0.15) is 59.3 Å². The van der Waals surface area contributed by atoms with Gasteiger partial charge in [-0.25, -0.2) is 0 Å². The number of quaternary nitrogens is 1. The fourth-order valence-corrected chi connectivity index (χ4v) is 5.18.